The lowest BCUT2D eigenvalue weighted by Crippen LogP contribution is -2.57. The molecule has 1 unspecified atom stereocenters. The smallest absolute Gasteiger partial charge is 0.146 e. The molecule has 0 aromatic heterocycles. The quantitative estimate of drug-likeness (QED) is 0.752. The molecular weight excluding hydrogens is 240 g/mol. The molecule has 0 amide bonds. The zero-order valence-corrected chi connectivity index (χ0v) is 15.2. The van der Waals surface area contributed by atoms with E-state index in [0.29, 0.717) is 29.8 Å². The first-order chi connectivity index (χ1) is 8.28. The molecule has 0 bridgehead atoms. The van der Waals surface area contributed by atoms with Crippen molar-refractivity contribution < 1.29 is 9.53 Å². The van der Waals surface area contributed by atoms with Crippen LogP contribution in [-0.2, 0) is 4.43 Å². The van der Waals surface area contributed by atoms with Crippen molar-refractivity contribution in [2.24, 2.45) is 29.1 Å². The summed E-state index contributed by atoms with van der Waals surface area (Å²) >= 11 is 0. The third kappa shape index (κ3) is 2.54. The monoisotopic (exact) mass is 272 g/mol. The molecule has 1 saturated carbocycles. The molecular formula is C15H32O2Si. The van der Waals surface area contributed by atoms with E-state index in [1.807, 2.05) is 0 Å². The first kappa shape index (κ1) is 16.2. The van der Waals surface area contributed by atoms with Crippen LogP contribution in [0.2, 0.25) is 0 Å². The highest BCUT2D eigenvalue weighted by Gasteiger charge is 2.54. The minimum absolute atomic E-state index is 0.0752. The second kappa shape index (κ2) is 6.06. The SMILES string of the molecule is CC(C)C(O[SiH3])C(C(C)C)(C(C)C)C1CC(O)C1. The van der Waals surface area contributed by atoms with Gasteiger partial charge in [-0.15, -0.1) is 0 Å². The van der Waals surface area contributed by atoms with Gasteiger partial charge >= 0.3 is 0 Å². The van der Waals surface area contributed by atoms with Gasteiger partial charge in [0.15, 0.2) is 0 Å². The Bertz CT molecular complexity index is 249. The Balaban J connectivity index is 3.12. The second-order valence-electron chi connectivity index (χ2n) is 7.03. The third-order valence-electron chi connectivity index (χ3n) is 5.17. The van der Waals surface area contributed by atoms with Crippen LogP contribution in [0.5, 0.6) is 0 Å². The van der Waals surface area contributed by atoms with E-state index < -0.39 is 0 Å². The lowest BCUT2D eigenvalue weighted by Gasteiger charge is -2.57. The van der Waals surface area contributed by atoms with Crippen LogP contribution in [0.4, 0.5) is 0 Å². The van der Waals surface area contributed by atoms with Crippen LogP contribution in [0, 0.1) is 29.1 Å². The van der Waals surface area contributed by atoms with E-state index in [-0.39, 0.29) is 11.5 Å². The van der Waals surface area contributed by atoms with Gasteiger partial charge in [-0.05, 0) is 36.5 Å². The topological polar surface area (TPSA) is 29.5 Å². The average molecular weight is 273 g/mol. The molecule has 0 spiro atoms. The Morgan fingerprint density at radius 2 is 1.50 bits per heavy atom. The molecule has 1 aliphatic rings. The number of hydrogen-bond acceptors (Lipinski definition) is 2. The number of aliphatic hydroxyl groups is 1. The van der Waals surface area contributed by atoms with E-state index >= 15 is 0 Å². The van der Waals surface area contributed by atoms with Crippen LogP contribution >= 0.6 is 0 Å². The van der Waals surface area contributed by atoms with E-state index in [1.54, 1.807) is 0 Å². The van der Waals surface area contributed by atoms with E-state index in [1.165, 1.54) is 0 Å². The van der Waals surface area contributed by atoms with Gasteiger partial charge in [0.25, 0.3) is 0 Å². The molecule has 18 heavy (non-hydrogen) atoms. The van der Waals surface area contributed by atoms with Crippen LogP contribution in [0.15, 0.2) is 0 Å². The molecule has 108 valence electrons. The summed E-state index contributed by atoms with van der Waals surface area (Å²) in [5, 5.41) is 9.71. The Hall–Kier alpha value is 0.137. The van der Waals surface area contributed by atoms with Gasteiger partial charge in [0, 0.05) is 5.41 Å². The average Bonchev–Trinajstić information content (AvgIpc) is 2.20. The zero-order valence-electron chi connectivity index (χ0n) is 13.2. The van der Waals surface area contributed by atoms with E-state index in [0.717, 1.165) is 23.3 Å². The molecule has 1 aliphatic carbocycles. The fraction of sp³-hybridized carbons (Fsp3) is 1.00. The van der Waals surface area contributed by atoms with Gasteiger partial charge in [0.05, 0.1) is 12.2 Å². The van der Waals surface area contributed by atoms with Gasteiger partial charge in [-0.2, -0.15) is 0 Å². The lowest BCUT2D eigenvalue weighted by atomic mass is 9.51. The molecule has 0 aromatic rings. The van der Waals surface area contributed by atoms with Crippen LogP contribution in [0.25, 0.3) is 0 Å². The Kier molecular flexibility index (Phi) is 5.45. The van der Waals surface area contributed by atoms with Crippen molar-refractivity contribution in [3.63, 3.8) is 0 Å². The summed E-state index contributed by atoms with van der Waals surface area (Å²) in [5.74, 6) is 2.35. The molecule has 0 heterocycles. The van der Waals surface area contributed by atoms with Crippen molar-refractivity contribution in [3.05, 3.63) is 0 Å². The summed E-state index contributed by atoms with van der Waals surface area (Å²) in [6, 6.07) is 0. The summed E-state index contributed by atoms with van der Waals surface area (Å²) in [6.07, 6.45) is 2.19. The molecule has 0 aromatic carbocycles. The maximum atomic E-state index is 9.71. The molecule has 1 rings (SSSR count). The van der Waals surface area contributed by atoms with Gasteiger partial charge in [0.2, 0.25) is 0 Å². The van der Waals surface area contributed by atoms with E-state index in [2.05, 4.69) is 41.5 Å². The first-order valence-electron chi connectivity index (χ1n) is 7.49. The molecule has 1 atom stereocenters. The van der Waals surface area contributed by atoms with E-state index in [4.69, 9.17) is 4.43 Å². The van der Waals surface area contributed by atoms with Gasteiger partial charge in [-0.1, -0.05) is 41.5 Å². The van der Waals surface area contributed by atoms with E-state index in [9.17, 15) is 5.11 Å². The standard InChI is InChI=1S/C15H32O2Si/c1-9(2)14(17-18)15(10(3)4,11(5)6)12-7-13(16)8-12/h9-14,16H,7-8H2,1-6,18H3. The summed E-state index contributed by atoms with van der Waals surface area (Å²) in [6.45, 7) is 13.9. The largest absolute Gasteiger partial charge is 0.424 e. The fourth-order valence-electron chi connectivity index (χ4n) is 4.55. The molecule has 0 radical (unpaired) electrons. The maximum absolute atomic E-state index is 9.71. The number of hydrogen-bond donors (Lipinski definition) is 1. The highest BCUT2D eigenvalue weighted by molar-refractivity contribution is 5.98. The van der Waals surface area contributed by atoms with Crippen LogP contribution in [0.3, 0.4) is 0 Å². The summed E-state index contributed by atoms with van der Waals surface area (Å²) < 4.78 is 6.05. The van der Waals surface area contributed by atoms with Crippen molar-refractivity contribution in [1.29, 1.82) is 0 Å². The second-order valence-corrected chi connectivity index (χ2v) is 7.50. The number of rotatable bonds is 6. The number of aliphatic hydroxyl groups excluding tert-OH is 1. The zero-order chi connectivity index (χ0) is 14.1. The van der Waals surface area contributed by atoms with Crippen LogP contribution in [0.1, 0.15) is 54.4 Å². The summed E-state index contributed by atoms with van der Waals surface area (Å²) in [7, 11) is 0.797. The molecule has 3 heteroatoms. The fourth-order valence-corrected chi connectivity index (χ4v) is 5.50. The van der Waals surface area contributed by atoms with Crippen molar-refractivity contribution in [2.45, 2.75) is 66.6 Å². The minimum atomic E-state index is -0.0752. The van der Waals surface area contributed by atoms with Crippen LogP contribution < -0.4 is 0 Å². The van der Waals surface area contributed by atoms with Gasteiger partial charge < -0.3 is 9.53 Å². The summed E-state index contributed by atoms with van der Waals surface area (Å²) in [4.78, 5) is 0. The normalized spacial score (nSPS) is 27.0. The molecule has 1 N–H and O–H groups in total. The third-order valence-corrected chi connectivity index (χ3v) is 5.68. The molecule has 0 saturated heterocycles. The van der Waals surface area contributed by atoms with Crippen molar-refractivity contribution in [2.75, 3.05) is 0 Å². The Labute approximate surface area is 116 Å². The van der Waals surface area contributed by atoms with Crippen molar-refractivity contribution >= 4 is 10.5 Å². The molecule has 1 fully saturated rings. The van der Waals surface area contributed by atoms with Gasteiger partial charge in [-0.3, -0.25) is 0 Å². The van der Waals surface area contributed by atoms with Crippen molar-refractivity contribution in [1.82, 2.24) is 0 Å². The van der Waals surface area contributed by atoms with Gasteiger partial charge in [0.1, 0.15) is 10.5 Å². The predicted molar refractivity (Wildman–Crippen MR) is 80.5 cm³/mol. The Morgan fingerprint density at radius 3 is 1.72 bits per heavy atom. The highest BCUT2D eigenvalue weighted by atomic mass is 28.2. The predicted octanol–water partition coefficient (Wildman–Crippen LogP) is 2.38. The van der Waals surface area contributed by atoms with Crippen molar-refractivity contribution in [3.8, 4) is 0 Å². The molecule has 2 nitrogen and oxygen atoms in total. The minimum Gasteiger partial charge on any atom is -0.424 e. The van der Waals surface area contributed by atoms with Crippen LogP contribution in [-0.4, -0.2) is 27.8 Å². The lowest BCUT2D eigenvalue weighted by molar-refractivity contribution is -0.146. The first-order valence-corrected chi connectivity index (χ1v) is 8.30. The van der Waals surface area contributed by atoms with Gasteiger partial charge in [-0.25, -0.2) is 0 Å². The maximum Gasteiger partial charge on any atom is 0.146 e. The Morgan fingerprint density at radius 1 is 1.06 bits per heavy atom. The summed E-state index contributed by atoms with van der Waals surface area (Å²) in [5.41, 5.74) is 0.217. The molecule has 0 aliphatic heterocycles. The highest BCUT2D eigenvalue weighted by Crippen LogP contribution is 2.55.